The molecule has 1 aliphatic rings. The number of aliphatic imine (C=N–C) groups is 1. The van der Waals surface area contributed by atoms with Crippen molar-refractivity contribution >= 4 is 52.1 Å². The van der Waals surface area contributed by atoms with Gasteiger partial charge < -0.3 is 19.3 Å². The number of methoxy groups -OCH3 is 1. The summed E-state index contributed by atoms with van der Waals surface area (Å²) in [5.74, 6) is -0.746. The third-order valence-corrected chi connectivity index (χ3v) is 5.44. The molecule has 0 unspecified atom stereocenters. The van der Waals surface area contributed by atoms with E-state index in [1.165, 1.54) is 14.0 Å². The lowest BCUT2D eigenvalue weighted by molar-refractivity contribution is -0.138. The molecule has 0 amide bonds. The Morgan fingerprint density at radius 1 is 1.16 bits per heavy atom. The summed E-state index contributed by atoms with van der Waals surface area (Å²) in [6, 6.07) is 11.7. The average molecular weight is 474 g/mol. The molecule has 0 spiro atoms. The molecule has 0 aliphatic carbocycles. The summed E-state index contributed by atoms with van der Waals surface area (Å²) in [6.07, 6.45) is 1.67. The second-order valence-corrected chi connectivity index (χ2v) is 7.92. The highest BCUT2D eigenvalue weighted by molar-refractivity contribution is 8.18. The maximum absolute atomic E-state index is 12.5. The van der Waals surface area contributed by atoms with Crippen LogP contribution < -0.4 is 9.47 Å². The number of benzene rings is 2. The van der Waals surface area contributed by atoms with Crippen molar-refractivity contribution in [2.24, 2.45) is 4.99 Å². The number of halogens is 1. The average Bonchev–Trinajstić information content (AvgIpc) is 3.05. The van der Waals surface area contributed by atoms with Crippen molar-refractivity contribution in [1.82, 2.24) is 0 Å². The van der Waals surface area contributed by atoms with E-state index in [0.717, 1.165) is 11.8 Å². The van der Waals surface area contributed by atoms with E-state index in [4.69, 9.17) is 25.8 Å². The minimum atomic E-state index is -0.670. The predicted molar refractivity (Wildman–Crippen MR) is 125 cm³/mol. The maximum Gasteiger partial charge on any atom is 0.344 e. The van der Waals surface area contributed by atoms with E-state index in [-0.39, 0.29) is 23.7 Å². The molecule has 0 saturated carbocycles. The molecule has 7 nitrogen and oxygen atoms in total. The molecule has 1 N–H and O–H groups in total. The molecule has 0 atom stereocenters. The van der Waals surface area contributed by atoms with Gasteiger partial charge in [-0.15, -0.1) is 0 Å². The highest BCUT2D eigenvalue weighted by Crippen LogP contribution is 2.41. The maximum atomic E-state index is 12.5. The minimum absolute atomic E-state index is 0.0125. The molecule has 1 heterocycles. The van der Waals surface area contributed by atoms with E-state index in [9.17, 15) is 14.7 Å². The highest BCUT2D eigenvalue weighted by atomic mass is 35.5. The summed E-state index contributed by atoms with van der Waals surface area (Å²) in [6.45, 7) is 3.13. The van der Waals surface area contributed by atoms with Gasteiger partial charge in [-0.2, -0.15) is 0 Å². The van der Waals surface area contributed by atoms with Gasteiger partial charge in [0.2, 0.25) is 0 Å². The molecule has 2 aromatic rings. The van der Waals surface area contributed by atoms with Gasteiger partial charge >= 0.3 is 11.9 Å². The van der Waals surface area contributed by atoms with Crippen molar-refractivity contribution in [2.45, 2.75) is 13.8 Å². The molecular weight excluding hydrogens is 454 g/mol. The molecule has 0 aromatic heterocycles. The normalized spacial score (nSPS) is 15.9. The van der Waals surface area contributed by atoms with Crippen LogP contribution in [0.4, 0.5) is 5.69 Å². The van der Waals surface area contributed by atoms with E-state index >= 15 is 0 Å². The number of rotatable bonds is 6. The number of ether oxygens (including phenoxy) is 3. The van der Waals surface area contributed by atoms with Gasteiger partial charge in [-0.3, -0.25) is 4.79 Å². The van der Waals surface area contributed by atoms with Gasteiger partial charge in [0.15, 0.2) is 11.5 Å². The summed E-state index contributed by atoms with van der Waals surface area (Å²) >= 11 is 7.06. The zero-order chi connectivity index (χ0) is 23.3. The van der Waals surface area contributed by atoms with Gasteiger partial charge in [-0.25, -0.2) is 9.79 Å². The van der Waals surface area contributed by atoms with Gasteiger partial charge in [0.05, 0.1) is 24.3 Å². The Morgan fingerprint density at radius 2 is 1.88 bits per heavy atom. The largest absolute Gasteiger partial charge is 0.506 e. The van der Waals surface area contributed by atoms with E-state index in [1.807, 2.05) is 0 Å². The van der Waals surface area contributed by atoms with Crippen molar-refractivity contribution in [3.63, 3.8) is 0 Å². The first-order valence-corrected chi connectivity index (χ1v) is 10.7. The summed E-state index contributed by atoms with van der Waals surface area (Å²) in [7, 11) is 1.46. The van der Waals surface area contributed by atoms with Gasteiger partial charge in [0.25, 0.3) is 0 Å². The molecule has 0 saturated heterocycles. The number of aliphatic hydroxyl groups excluding tert-OH is 1. The van der Waals surface area contributed by atoms with Crippen molar-refractivity contribution in [1.29, 1.82) is 0 Å². The van der Waals surface area contributed by atoms with Crippen LogP contribution in [0.1, 0.15) is 19.4 Å². The molecule has 3 rings (SSSR count). The molecule has 9 heteroatoms. The number of carbonyl (C=O) groups is 2. The molecular formula is C23H20ClNO6S. The number of carbonyl (C=O) groups excluding carboxylic acids is 2. The molecule has 0 radical (unpaired) electrons. The number of hydrogen-bond donors (Lipinski definition) is 1. The van der Waals surface area contributed by atoms with Crippen LogP contribution in [-0.2, 0) is 14.3 Å². The number of nitrogens with zero attached hydrogens (tertiary/aromatic N) is 1. The van der Waals surface area contributed by atoms with Gasteiger partial charge in [-0.05, 0) is 55.0 Å². The molecule has 0 bridgehead atoms. The van der Waals surface area contributed by atoms with Crippen LogP contribution in [0.25, 0.3) is 6.08 Å². The van der Waals surface area contributed by atoms with Gasteiger partial charge in [0.1, 0.15) is 16.4 Å². The Hall–Kier alpha value is -3.23. The molecule has 166 valence electrons. The number of thioether (sulfide) groups is 1. The van der Waals surface area contributed by atoms with E-state index in [1.54, 1.807) is 55.5 Å². The van der Waals surface area contributed by atoms with Crippen molar-refractivity contribution < 1.29 is 28.9 Å². The Kier molecular flexibility index (Phi) is 7.61. The first-order valence-electron chi connectivity index (χ1n) is 9.53. The third-order valence-electron chi connectivity index (χ3n) is 4.17. The fraction of sp³-hybridized carbons (Fsp3) is 0.174. The van der Waals surface area contributed by atoms with Crippen molar-refractivity contribution in [2.75, 3.05) is 13.7 Å². The standard InChI is InChI=1S/C23H20ClNO6S/c1-4-30-23(28)20-21(27)19(32-22(20)25-16-8-6-15(24)7-9-16)12-14-5-10-17(31-13(2)26)18(11-14)29-3/h5-12,27H,4H2,1-3H3. The molecule has 0 fully saturated rings. The quantitative estimate of drug-likeness (QED) is 0.439. The summed E-state index contributed by atoms with van der Waals surface area (Å²) in [5.41, 5.74) is 1.21. The Bertz CT molecular complexity index is 1140. The van der Waals surface area contributed by atoms with Crippen LogP contribution in [0.5, 0.6) is 11.5 Å². The second kappa shape index (κ2) is 10.4. The Balaban J connectivity index is 2.01. The van der Waals surface area contributed by atoms with Gasteiger partial charge in [0, 0.05) is 11.9 Å². The second-order valence-electron chi connectivity index (χ2n) is 6.45. The predicted octanol–water partition coefficient (Wildman–Crippen LogP) is 5.47. The fourth-order valence-electron chi connectivity index (χ4n) is 2.79. The number of esters is 2. The lowest BCUT2D eigenvalue weighted by Crippen LogP contribution is -2.12. The Labute approximate surface area is 194 Å². The lowest BCUT2D eigenvalue weighted by atomic mass is 10.1. The topological polar surface area (TPSA) is 94.4 Å². The summed E-state index contributed by atoms with van der Waals surface area (Å²) < 4.78 is 15.5. The summed E-state index contributed by atoms with van der Waals surface area (Å²) in [4.78, 5) is 28.6. The van der Waals surface area contributed by atoms with Crippen molar-refractivity contribution in [3.8, 4) is 11.5 Å². The van der Waals surface area contributed by atoms with Crippen LogP contribution in [0.2, 0.25) is 5.02 Å². The summed E-state index contributed by atoms with van der Waals surface area (Å²) in [5, 5.41) is 11.6. The van der Waals surface area contributed by atoms with E-state index in [2.05, 4.69) is 4.99 Å². The number of hydrogen-bond acceptors (Lipinski definition) is 8. The smallest absolute Gasteiger partial charge is 0.344 e. The minimum Gasteiger partial charge on any atom is -0.506 e. The molecule has 2 aromatic carbocycles. The first-order chi connectivity index (χ1) is 15.3. The van der Waals surface area contributed by atoms with E-state index in [0.29, 0.717) is 32.0 Å². The van der Waals surface area contributed by atoms with Crippen LogP contribution in [0, 0.1) is 0 Å². The first kappa shape index (κ1) is 23.4. The Morgan fingerprint density at radius 3 is 2.50 bits per heavy atom. The lowest BCUT2D eigenvalue weighted by Gasteiger charge is -2.08. The van der Waals surface area contributed by atoms with Crippen LogP contribution in [-0.4, -0.2) is 35.8 Å². The van der Waals surface area contributed by atoms with E-state index < -0.39 is 11.9 Å². The third kappa shape index (κ3) is 5.52. The van der Waals surface area contributed by atoms with Gasteiger partial charge in [-0.1, -0.05) is 29.4 Å². The SMILES string of the molecule is CCOC(=O)C1=C(O)C(=Cc2ccc(OC(C)=O)c(OC)c2)SC1=Nc1ccc(Cl)cc1. The fourth-order valence-corrected chi connectivity index (χ4v) is 3.95. The zero-order valence-electron chi connectivity index (χ0n) is 17.5. The highest BCUT2D eigenvalue weighted by Gasteiger charge is 2.33. The number of aliphatic hydroxyl groups is 1. The van der Waals surface area contributed by atoms with Crippen molar-refractivity contribution in [3.05, 3.63) is 69.3 Å². The van der Waals surface area contributed by atoms with Crippen LogP contribution >= 0.6 is 23.4 Å². The van der Waals surface area contributed by atoms with Crippen LogP contribution in [0.15, 0.2) is 63.7 Å². The molecule has 1 aliphatic heterocycles. The monoisotopic (exact) mass is 473 g/mol. The molecule has 32 heavy (non-hydrogen) atoms. The van der Waals surface area contributed by atoms with Crippen LogP contribution in [0.3, 0.4) is 0 Å². The zero-order valence-corrected chi connectivity index (χ0v) is 19.1.